The summed E-state index contributed by atoms with van der Waals surface area (Å²) in [5.41, 5.74) is 0.780. The first-order valence-corrected chi connectivity index (χ1v) is 5.90. The minimum atomic E-state index is -0.401. The van der Waals surface area contributed by atoms with Gasteiger partial charge in [0.1, 0.15) is 0 Å². The lowest BCUT2D eigenvalue weighted by Gasteiger charge is -2.16. The SMILES string of the molecule is CCC(O)CNC(C)C(=O)Nc1ccccc1. The quantitative estimate of drug-likeness (QED) is 0.699. The molecule has 0 radical (unpaired) electrons. The molecule has 94 valence electrons. The highest BCUT2D eigenvalue weighted by Crippen LogP contribution is 2.05. The molecule has 0 spiro atoms. The van der Waals surface area contributed by atoms with Gasteiger partial charge < -0.3 is 15.7 Å². The molecule has 0 fully saturated rings. The van der Waals surface area contributed by atoms with E-state index in [0.29, 0.717) is 13.0 Å². The predicted octanol–water partition coefficient (Wildman–Crippen LogP) is 1.37. The number of aliphatic hydroxyl groups excluding tert-OH is 1. The predicted molar refractivity (Wildman–Crippen MR) is 68.8 cm³/mol. The third kappa shape index (κ3) is 4.97. The molecule has 4 nitrogen and oxygen atoms in total. The molecule has 0 saturated carbocycles. The Labute approximate surface area is 102 Å². The van der Waals surface area contributed by atoms with E-state index in [1.807, 2.05) is 37.3 Å². The van der Waals surface area contributed by atoms with Gasteiger partial charge in [0.05, 0.1) is 12.1 Å². The number of aliphatic hydroxyl groups is 1. The number of nitrogens with one attached hydrogen (secondary N) is 2. The van der Waals surface area contributed by atoms with Gasteiger partial charge in [0.2, 0.25) is 5.91 Å². The number of para-hydroxylation sites is 1. The minimum Gasteiger partial charge on any atom is -0.392 e. The van der Waals surface area contributed by atoms with Crippen LogP contribution in [0.1, 0.15) is 20.3 Å². The Bertz CT molecular complexity index is 341. The van der Waals surface area contributed by atoms with E-state index < -0.39 is 6.10 Å². The van der Waals surface area contributed by atoms with Gasteiger partial charge in [-0.25, -0.2) is 0 Å². The second-order valence-corrected chi connectivity index (χ2v) is 4.05. The molecule has 0 aromatic heterocycles. The summed E-state index contributed by atoms with van der Waals surface area (Å²) in [5, 5.41) is 15.2. The van der Waals surface area contributed by atoms with E-state index in [1.54, 1.807) is 6.92 Å². The minimum absolute atomic E-state index is 0.0977. The number of hydrogen-bond acceptors (Lipinski definition) is 3. The van der Waals surface area contributed by atoms with Crippen LogP contribution in [0.25, 0.3) is 0 Å². The third-order valence-electron chi connectivity index (χ3n) is 2.57. The van der Waals surface area contributed by atoms with E-state index in [4.69, 9.17) is 0 Å². The Balaban J connectivity index is 2.37. The number of benzene rings is 1. The molecule has 0 saturated heterocycles. The van der Waals surface area contributed by atoms with Crippen LogP contribution < -0.4 is 10.6 Å². The summed E-state index contributed by atoms with van der Waals surface area (Å²) in [7, 11) is 0. The van der Waals surface area contributed by atoms with Crippen LogP contribution in [0.3, 0.4) is 0 Å². The Morgan fingerprint density at radius 1 is 1.35 bits per heavy atom. The average molecular weight is 236 g/mol. The fraction of sp³-hybridized carbons (Fsp3) is 0.462. The maximum atomic E-state index is 11.8. The Kier molecular flexibility index (Phi) is 5.66. The van der Waals surface area contributed by atoms with Crippen molar-refractivity contribution < 1.29 is 9.90 Å². The van der Waals surface area contributed by atoms with Gasteiger partial charge in [-0.1, -0.05) is 25.1 Å². The summed E-state index contributed by atoms with van der Waals surface area (Å²) in [6, 6.07) is 8.99. The van der Waals surface area contributed by atoms with Crippen molar-refractivity contribution >= 4 is 11.6 Å². The summed E-state index contributed by atoms with van der Waals surface area (Å²) in [6.07, 6.45) is 0.280. The zero-order valence-corrected chi connectivity index (χ0v) is 10.3. The number of carbonyl (C=O) groups excluding carboxylic acids is 1. The van der Waals surface area contributed by atoms with Crippen molar-refractivity contribution in [3.8, 4) is 0 Å². The topological polar surface area (TPSA) is 61.4 Å². The fourth-order valence-corrected chi connectivity index (χ4v) is 1.32. The van der Waals surface area contributed by atoms with Crippen LogP contribution in [0.5, 0.6) is 0 Å². The van der Waals surface area contributed by atoms with Crippen LogP contribution in [0, 0.1) is 0 Å². The molecule has 1 amide bonds. The fourth-order valence-electron chi connectivity index (χ4n) is 1.32. The highest BCUT2D eigenvalue weighted by atomic mass is 16.3. The lowest BCUT2D eigenvalue weighted by molar-refractivity contribution is -0.117. The van der Waals surface area contributed by atoms with E-state index >= 15 is 0 Å². The molecule has 3 N–H and O–H groups in total. The molecular formula is C13H20N2O2. The van der Waals surface area contributed by atoms with Crippen LogP contribution in [0.4, 0.5) is 5.69 Å². The first-order valence-electron chi connectivity index (χ1n) is 5.90. The summed E-state index contributed by atoms with van der Waals surface area (Å²) in [5.74, 6) is -0.0977. The van der Waals surface area contributed by atoms with Crippen LogP contribution >= 0.6 is 0 Å². The van der Waals surface area contributed by atoms with Crippen molar-refractivity contribution in [2.75, 3.05) is 11.9 Å². The van der Waals surface area contributed by atoms with Crippen molar-refractivity contribution in [3.05, 3.63) is 30.3 Å². The molecule has 0 heterocycles. The lowest BCUT2D eigenvalue weighted by atomic mass is 10.2. The number of carbonyl (C=O) groups is 1. The molecule has 0 aliphatic carbocycles. The van der Waals surface area contributed by atoms with E-state index in [-0.39, 0.29) is 11.9 Å². The summed E-state index contributed by atoms with van der Waals surface area (Å²) >= 11 is 0. The van der Waals surface area contributed by atoms with Gasteiger partial charge in [-0.05, 0) is 25.5 Å². The van der Waals surface area contributed by atoms with E-state index in [9.17, 15) is 9.90 Å². The van der Waals surface area contributed by atoms with E-state index in [2.05, 4.69) is 10.6 Å². The third-order valence-corrected chi connectivity index (χ3v) is 2.57. The molecular weight excluding hydrogens is 216 g/mol. The normalized spacial score (nSPS) is 14.1. The number of hydrogen-bond donors (Lipinski definition) is 3. The van der Waals surface area contributed by atoms with E-state index in [1.165, 1.54) is 0 Å². The zero-order chi connectivity index (χ0) is 12.7. The van der Waals surface area contributed by atoms with Crippen molar-refractivity contribution in [1.29, 1.82) is 0 Å². The van der Waals surface area contributed by atoms with Crippen LogP contribution in [0.15, 0.2) is 30.3 Å². The van der Waals surface area contributed by atoms with Crippen molar-refractivity contribution in [3.63, 3.8) is 0 Å². The highest BCUT2D eigenvalue weighted by Gasteiger charge is 2.13. The second kappa shape index (κ2) is 7.04. The van der Waals surface area contributed by atoms with Crippen LogP contribution in [-0.2, 0) is 4.79 Å². The first-order chi connectivity index (χ1) is 8.13. The molecule has 4 heteroatoms. The highest BCUT2D eigenvalue weighted by molar-refractivity contribution is 5.94. The summed E-state index contributed by atoms with van der Waals surface area (Å²) < 4.78 is 0. The van der Waals surface area contributed by atoms with Crippen molar-refractivity contribution in [2.24, 2.45) is 0 Å². The van der Waals surface area contributed by atoms with Gasteiger partial charge in [0.25, 0.3) is 0 Å². The Morgan fingerprint density at radius 3 is 2.59 bits per heavy atom. The van der Waals surface area contributed by atoms with E-state index in [0.717, 1.165) is 5.69 Å². The Hall–Kier alpha value is -1.39. The molecule has 2 unspecified atom stereocenters. The van der Waals surface area contributed by atoms with Crippen LogP contribution in [-0.4, -0.2) is 29.7 Å². The molecule has 0 aliphatic heterocycles. The number of amides is 1. The molecule has 1 rings (SSSR count). The molecule has 1 aromatic carbocycles. The summed E-state index contributed by atoms with van der Waals surface area (Å²) in [6.45, 7) is 4.11. The Morgan fingerprint density at radius 2 is 2.00 bits per heavy atom. The number of anilines is 1. The van der Waals surface area contributed by atoms with Gasteiger partial charge in [0, 0.05) is 12.2 Å². The summed E-state index contributed by atoms with van der Waals surface area (Å²) in [4.78, 5) is 11.8. The largest absolute Gasteiger partial charge is 0.392 e. The molecule has 2 atom stereocenters. The monoisotopic (exact) mass is 236 g/mol. The van der Waals surface area contributed by atoms with Gasteiger partial charge in [-0.3, -0.25) is 4.79 Å². The lowest BCUT2D eigenvalue weighted by Crippen LogP contribution is -2.41. The molecule has 1 aromatic rings. The van der Waals surface area contributed by atoms with Gasteiger partial charge >= 0.3 is 0 Å². The van der Waals surface area contributed by atoms with Gasteiger partial charge in [-0.15, -0.1) is 0 Å². The van der Waals surface area contributed by atoms with Crippen molar-refractivity contribution in [2.45, 2.75) is 32.4 Å². The molecule has 0 aliphatic rings. The van der Waals surface area contributed by atoms with Crippen LogP contribution in [0.2, 0.25) is 0 Å². The standard InChI is InChI=1S/C13H20N2O2/c1-3-12(16)9-14-10(2)13(17)15-11-7-5-4-6-8-11/h4-8,10,12,14,16H,3,9H2,1-2H3,(H,15,17). The first kappa shape index (κ1) is 13.7. The van der Waals surface area contributed by atoms with Crippen molar-refractivity contribution in [1.82, 2.24) is 5.32 Å². The molecule has 0 bridgehead atoms. The average Bonchev–Trinajstić information content (AvgIpc) is 2.36. The maximum Gasteiger partial charge on any atom is 0.241 e. The number of rotatable bonds is 6. The van der Waals surface area contributed by atoms with Gasteiger partial charge in [-0.2, -0.15) is 0 Å². The van der Waals surface area contributed by atoms with Gasteiger partial charge in [0.15, 0.2) is 0 Å². The molecule has 17 heavy (non-hydrogen) atoms. The zero-order valence-electron chi connectivity index (χ0n) is 10.3. The second-order valence-electron chi connectivity index (χ2n) is 4.05. The smallest absolute Gasteiger partial charge is 0.241 e. The maximum absolute atomic E-state index is 11.8.